The molecule has 0 heterocycles. The van der Waals surface area contributed by atoms with Gasteiger partial charge in [0.15, 0.2) is 6.61 Å². The first-order valence-electron chi connectivity index (χ1n) is 10.2. The predicted octanol–water partition coefficient (Wildman–Crippen LogP) is 3.96. The van der Waals surface area contributed by atoms with Crippen molar-refractivity contribution in [1.29, 1.82) is 0 Å². The van der Waals surface area contributed by atoms with Crippen molar-refractivity contribution in [2.45, 2.75) is 51.2 Å². The van der Waals surface area contributed by atoms with Crippen LogP contribution in [-0.2, 0) is 26.1 Å². The number of benzene rings is 2. The summed E-state index contributed by atoms with van der Waals surface area (Å²) in [5.41, 5.74) is 0.708. The Hall–Kier alpha value is -2.42. The van der Waals surface area contributed by atoms with E-state index >= 15 is 0 Å². The Labute approximate surface area is 195 Å². The molecule has 2 aromatic rings. The van der Waals surface area contributed by atoms with Gasteiger partial charge in [-0.25, -0.2) is 13.2 Å². The standard InChI is InChI=1S/C23H29ClN2O5S/c1-16(2)26(17(3)4)22(27)15-31-23(28)20-13-19(11-12-21(20)24)32(29,30)25(5)14-18-9-7-6-8-10-18/h6-13,16-17H,14-15H2,1-5H3. The number of sulfonamides is 1. The summed E-state index contributed by atoms with van der Waals surface area (Å²) in [7, 11) is -2.43. The third kappa shape index (κ3) is 6.31. The molecule has 7 nitrogen and oxygen atoms in total. The maximum atomic E-state index is 13.0. The molecule has 0 N–H and O–H groups in total. The average molecular weight is 481 g/mol. The van der Waals surface area contributed by atoms with Crippen molar-refractivity contribution in [2.75, 3.05) is 13.7 Å². The Morgan fingerprint density at radius 1 is 1.00 bits per heavy atom. The lowest BCUT2D eigenvalue weighted by Gasteiger charge is -2.30. The lowest BCUT2D eigenvalue weighted by molar-refractivity contribution is -0.138. The topological polar surface area (TPSA) is 84.0 Å². The molecule has 0 atom stereocenters. The summed E-state index contributed by atoms with van der Waals surface area (Å²) >= 11 is 6.12. The molecule has 1 amide bonds. The van der Waals surface area contributed by atoms with Gasteiger partial charge in [-0.1, -0.05) is 41.9 Å². The normalized spacial score (nSPS) is 11.8. The van der Waals surface area contributed by atoms with Gasteiger partial charge in [0.05, 0.1) is 15.5 Å². The zero-order valence-corrected chi connectivity index (χ0v) is 20.5. The maximum absolute atomic E-state index is 13.0. The van der Waals surface area contributed by atoms with E-state index in [2.05, 4.69) is 0 Å². The second kappa shape index (κ2) is 10.9. The van der Waals surface area contributed by atoms with Gasteiger partial charge in [0.25, 0.3) is 5.91 Å². The minimum Gasteiger partial charge on any atom is -0.452 e. The number of carbonyl (C=O) groups excluding carboxylic acids is 2. The summed E-state index contributed by atoms with van der Waals surface area (Å²) in [6.07, 6.45) is 0. The van der Waals surface area contributed by atoms with Gasteiger partial charge in [-0.05, 0) is 51.5 Å². The van der Waals surface area contributed by atoms with Gasteiger partial charge >= 0.3 is 5.97 Å². The first-order valence-corrected chi connectivity index (χ1v) is 12.0. The summed E-state index contributed by atoms with van der Waals surface area (Å²) < 4.78 is 32.3. The maximum Gasteiger partial charge on any atom is 0.340 e. The Balaban J connectivity index is 2.19. The van der Waals surface area contributed by atoms with Crippen LogP contribution in [0.5, 0.6) is 0 Å². The van der Waals surface area contributed by atoms with Gasteiger partial charge in [-0.2, -0.15) is 4.31 Å². The number of hydrogen-bond acceptors (Lipinski definition) is 5. The van der Waals surface area contributed by atoms with E-state index in [1.165, 1.54) is 29.6 Å². The highest BCUT2D eigenvalue weighted by Crippen LogP contribution is 2.24. The molecule has 9 heteroatoms. The highest BCUT2D eigenvalue weighted by molar-refractivity contribution is 7.89. The van der Waals surface area contributed by atoms with Crippen LogP contribution in [0.4, 0.5) is 0 Å². The van der Waals surface area contributed by atoms with E-state index in [9.17, 15) is 18.0 Å². The largest absolute Gasteiger partial charge is 0.452 e. The molecule has 0 aliphatic heterocycles. The number of hydrogen-bond donors (Lipinski definition) is 0. The number of halogens is 1. The van der Waals surface area contributed by atoms with Crippen molar-refractivity contribution >= 4 is 33.5 Å². The monoisotopic (exact) mass is 480 g/mol. The molecule has 0 aliphatic carbocycles. The Morgan fingerprint density at radius 2 is 1.59 bits per heavy atom. The fourth-order valence-electron chi connectivity index (χ4n) is 3.38. The highest BCUT2D eigenvalue weighted by atomic mass is 35.5. The molecule has 32 heavy (non-hydrogen) atoms. The number of rotatable bonds is 9. The average Bonchev–Trinajstić information content (AvgIpc) is 2.72. The quantitative estimate of drug-likeness (QED) is 0.507. The molecule has 2 rings (SSSR count). The molecule has 0 radical (unpaired) electrons. The summed E-state index contributed by atoms with van der Waals surface area (Å²) in [4.78, 5) is 26.5. The van der Waals surface area contributed by atoms with Gasteiger partial charge in [0.1, 0.15) is 0 Å². The lowest BCUT2D eigenvalue weighted by Crippen LogP contribution is -2.44. The molecule has 0 saturated heterocycles. The predicted molar refractivity (Wildman–Crippen MR) is 124 cm³/mol. The van der Waals surface area contributed by atoms with Gasteiger partial charge in [-0.15, -0.1) is 0 Å². The third-order valence-electron chi connectivity index (χ3n) is 4.84. The van der Waals surface area contributed by atoms with Crippen molar-refractivity contribution in [1.82, 2.24) is 9.21 Å². The van der Waals surface area contributed by atoms with E-state index in [1.807, 2.05) is 58.0 Å². The summed E-state index contributed by atoms with van der Waals surface area (Å²) in [6.45, 7) is 7.19. The second-order valence-corrected chi connectivity index (χ2v) is 10.4. The SMILES string of the molecule is CC(C)N(C(=O)COC(=O)c1cc(S(=O)(=O)N(C)Cc2ccccc2)ccc1Cl)C(C)C. The number of amides is 1. The summed E-state index contributed by atoms with van der Waals surface area (Å²) in [5.74, 6) is -1.20. The third-order valence-corrected chi connectivity index (χ3v) is 6.97. The first-order chi connectivity index (χ1) is 14.9. The van der Waals surface area contributed by atoms with Gasteiger partial charge in [0, 0.05) is 25.7 Å². The van der Waals surface area contributed by atoms with Gasteiger partial charge in [0.2, 0.25) is 10.0 Å². The van der Waals surface area contributed by atoms with Crippen molar-refractivity contribution in [3.05, 3.63) is 64.7 Å². The van der Waals surface area contributed by atoms with E-state index in [-0.39, 0.29) is 40.0 Å². The fourth-order valence-corrected chi connectivity index (χ4v) is 4.76. The number of esters is 1. The lowest BCUT2D eigenvalue weighted by atomic mass is 10.2. The Bertz CT molecular complexity index is 1050. The van der Waals surface area contributed by atoms with Crippen LogP contribution in [0.2, 0.25) is 5.02 Å². The van der Waals surface area contributed by atoms with Crippen molar-refractivity contribution in [3.63, 3.8) is 0 Å². The molecule has 0 spiro atoms. The molecular formula is C23H29ClN2O5S. The second-order valence-electron chi connectivity index (χ2n) is 7.95. The fraction of sp³-hybridized carbons (Fsp3) is 0.391. The number of ether oxygens (including phenoxy) is 1. The van der Waals surface area contributed by atoms with E-state index in [1.54, 1.807) is 4.90 Å². The van der Waals surface area contributed by atoms with Gasteiger partial charge in [-0.3, -0.25) is 4.79 Å². The van der Waals surface area contributed by atoms with Crippen LogP contribution in [0.3, 0.4) is 0 Å². The van der Waals surface area contributed by atoms with Crippen molar-refractivity contribution in [3.8, 4) is 0 Å². The molecular weight excluding hydrogens is 452 g/mol. The Morgan fingerprint density at radius 3 is 2.16 bits per heavy atom. The minimum absolute atomic E-state index is 0.0386. The van der Waals surface area contributed by atoms with Crippen LogP contribution in [-0.4, -0.2) is 55.2 Å². The summed E-state index contributed by atoms with van der Waals surface area (Å²) in [6, 6.07) is 12.9. The van der Waals surface area contributed by atoms with Crippen LogP contribution >= 0.6 is 11.6 Å². The molecule has 0 saturated carbocycles. The van der Waals surface area contributed by atoms with Crippen LogP contribution in [0.15, 0.2) is 53.4 Å². The van der Waals surface area contributed by atoms with E-state index in [4.69, 9.17) is 16.3 Å². The van der Waals surface area contributed by atoms with Gasteiger partial charge < -0.3 is 9.64 Å². The first kappa shape index (κ1) is 25.8. The van der Waals surface area contributed by atoms with E-state index in [0.29, 0.717) is 0 Å². The zero-order chi connectivity index (χ0) is 24.1. The molecule has 0 aliphatic rings. The minimum atomic E-state index is -3.89. The van der Waals surface area contributed by atoms with Crippen LogP contribution in [0, 0.1) is 0 Å². The molecule has 2 aromatic carbocycles. The molecule has 0 bridgehead atoms. The smallest absolute Gasteiger partial charge is 0.340 e. The summed E-state index contributed by atoms with van der Waals surface area (Å²) in [5, 5.41) is 0.0386. The molecule has 0 aromatic heterocycles. The van der Waals surface area contributed by atoms with Crippen molar-refractivity contribution in [2.24, 2.45) is 0 Å². The highest BCUT2D eigenvalue weighted by Gasteiger charge is 2.25. The van der Waals surface area contributed by atoms with Crippen LogP contribution in [0.25, 0.3) is 0 Å². The van der Waals surface area contributed by atoms with Crippen LogP contribution in [0.1, 0.15) is 43.6 Å². The Kier molecular flexibility index (Phi) is 8.83. The zero-order valence-electron chi connectivity index (χ0n) is 18.9. The number of carbonyl (C=O) groups is 2. The molecule has 0 fully saturated rings. The van der Waals surface area contributed by atoms with Crippen molar-refractivity contribution < 1.29 is 22.7 Å². The molecule has 0 unspecified atom stereocenters. The van der Waals surface area contributed by atoms with Crippen LogP contribution < -0.4 is 0 Å². The number of nitrogens with zero attached hydrogens (tertiary/aromatic N) is 2. The van der Waals surface area contributed by atoms with E-state index in [0.717, 1.165) is 5.56 Å². The van der Waals surface area contributed by atoms with E-state index < -0.39 is 22.6 Å². The molecule has 174 valence electrons.